The Kier molecular flexibility index (Phi) is 3.03. The molecule has 0 unspecified atom stereocenters. The van der Waals surface area contributed by atoms with Gasteiger partial charge in [0.25, 0.3) is 9.05 Å². The molecular formula is C9H7ClN2O4S. The third kappa shape index (κ3) is 2.95. The summed E-state index contributed by atoms with van der Waals surface area (Å²) in [5.41, 5.74) is 0.776. The molecule has 0 radical (unpaired) electrons. The van der Waals surface area contributed by atoms with Gasteiger partial charge in [-0.1, -0.05) is 17.3 Å². The molecule has 1 heterocycles. The summed E-state index contributed by atoms with van der Waals surface area (Å²) < 4.78 is 26.3. The molecule has 1 N–H and O–H groups in total. The fourth-order valence-electron chi connectivity index (χ4n) is 1.30. The van der Waals surface area contributed by atoms with Gasteiger partial charge >= 0.3 is 5.76 Å². The Balaban J connectivity index is 2.22. The Morgan fingerprint density at radius 2 is 1.94 bits per heavy atom. The largest absolute Gasteiger partial charge is 0.438 e. The van der Waals surface area contributed by atoms with Gasteiger partial charge in [-0.15, -0.1) is 0 Å². The van der Waals surface area contributed by atoms with Crippen LogP contribution in [0.3, 0.4) is 0 Å². The lowest BCUT2D eigenvalue weighted by molar-refractivity contribution is 0.382. The summed E-state index contributed by atoms with van der Waals surface area (Å²) >= 11 is 0. The molecule has 17 heavy (non-hydrogen) atoms. The van der Waals surface area contributed by atoms with Crippen molar-refractivity contribution in [1.82, 2.24) is 10.1 Å². The summed E-state index contributed by atoms with van der Waals surface area (Å²) in [4.78, 5) is 13.1. The van der Waals surface area contributed by atoms with Gasteiger partial charge in [0.2, 0.25) is 0 Å². The molecule has 0 amide bonds. The van der Waals surface area contributed by atoms with Gasteiger partial charge in [-0.2, -0.15) is 0 Å². The van der Waals surface area contributed by atoms with Crippen molar-refractivity contribution in [3.63, 3.8) is 0 Å². The average molecular weight is 275 g/mol. The Morgan fingerprint density at radius 1 is 1.29 bits per heavy atom. The van der Waals surface area contributed by atoms with Gasteiger partial charge < -0.3 is 0 Å². The van der Waals surface area contributed by atoms with Gasteiger partial charge in [0.1, 0.15) is 0 Å². The van der Waals surface area contributed by atoms with E-state index in [0.29, 0.717) is 12.2 Å². The van der Waals surface area contributed by atoms with Crippen LogP contribution in [0.4, 0.5) is 0 Å². The number of nitrogens with one attached hydrogen (secondary N) is 1. The van der Waals surface area contributed by atoms with Gasteiger partial charge in [-0.05, 0) is 17.7 Å². The third-order valence-corrected chi connectivity index (χ3v) is 3.43. The Bertz CT molecular complexity index is 672. The molecule has 2 rings (SSSR count). The summed E-state index contributed by atoms with van der Waals surface area (Å²) in [7, 11) is 1.46. The Labute approximate surface area is 101 Å². The molecule has 6 nitrogen and oxygen atoms in total. The molecule has 1 aromatic heterocycles. The minimum absolute atomic E-state index is 0.0246. The van der Waals surface area contributed by atoms with Crippen LogP contribution < -0.4 is 5.76 Å². The fraction of sp³-hybridized carbons (Fsp3) is 0.111. The monoisotopic (exact) mass is 274 g/mol. The van der Waals surface area contributed by atoms with Crippen molar-refractivity contribution in [2.24, 2.45) is 0 Å². The average Bonchev–Trinajstić information content (AvgIpc) is 2.63. The number of hydrogen-bond acceptors (Lipinski definition) is 5. The Hall–Kier alpha value is -1.60. The highest BCUT2D eigenvalue weighted by Crippen LogP contribution is 2.16. The van der Waals surface area contributed by atoms with Crippen LogP contribution >= 0.6 is 10.7 Å². The van der Waals surface area contributed by atoms with E-state index < -0.39 is 14.8 Å². The van der Waals surface area contributed by atoms with E-state index in [1.54, 1.807) is 12.1 Å². The van der Waals surface area contributed by atoms with Crippen LogP contribution in [0.2, 0.25) is 0 Å². The van der Waals surface area contributed by atoms with Gasteiger partial charge in [0, 0.05) is 17.1 Å². The van der Waals surface area contributed by atoms with E-state index in [2.05, 4.69) is 14.7 Å². The number of halogens is 1. The highest BCUT2D eigenvalue weighted by molar-refractivity contribution is 8.13. The second-order valence-corrected chi connectivity index (χ2v) is 5.87. The molecule has 0 atom stereocenters. The van der Waals surface area contributed by atoms with Gasteiger partial charge in [0.15, 0.2) is 5.82 Å². The molecule has 0 fully saturated rings. The highest BCUT2D eigenvalue weighted by Gasteiger charge is 2.09. The zero-order valence-corrected chi connectivity index (χ0v) is 9.96. The molecule has 0 aliphatic carbocycles. The summed E-state index contributed by atoms with van der Waals surface area (Å²) in [5, 5.41) is 3.49. The normalized spacial score (nSPS) is 11.6. The molecule has 0 bridgehead atoms. The number of aromatic amines is 1. The first kappa shape index (κ1) is 11.9. The van der Waals surface area contributed by atoms with E-state index in [-0.39, 0.29) is 4.90 Å². The van der Waals surface area contributed by atoms with Crippen molar-refractivity contribution >= 4 is 19.7 Å². The first-order valence-corrected chi connectivity index (χ1v) is 6.84. The summed E-state index contributed by atoms with van der Waals surface area (Å²) in [5.74, 6) is -0.253. The number of hydrogen-bond donors (Lipinski definition) is 1. The SMILES string of the molecule is O=c1[nH]c(Cc2ccc(S(=O)(=O)Cl)cc2)no1. The lowest BCUT2D eigenvalue weighted by Gasteiger charge is -1.99. The number of aromatic nitrogens is 2. The molecule has 0 saturated carbocycles. The maximum Gasteiger partial charge on any atom is 0.438 e. The lowest BCUT2D eigenvalue weighted by atomic mass is 10.1. The highest BCUT2D eigenvalue weighted by atomic mass is 35.7. The minimum atomic E-state index is -3.71. The Morgan fingerprint density at radius 3 is 2.41 bits per heavy atom. The van der Waals surface area contributed by atoms with E-state index in [1.807, 2.05) is 0 Å². The lowest BCUT2D eigenvalue weighted by Crippen LogP contribution is -1.98. The summed E-state index contributed by atoms with van der Waals surface area (Å²) in [6, 6.07) is 5.94. The van der Waals surface area contributed by atoms with Crippen LogP contribution in [-0.4, -0.2) is 18.6 Å². The van der Waals surface area contributed by atoms with Crippen molar-refractivity contribution in [3.8, 4) is 0 Å². The van der Waals surface area contributed by atoms with Crippen LogP contribution in [-0.2, 0) is 15.5 Å². The second kappa shape index (κ2) is 4.34. The molecule has 8 heteroatoms. The number of H-pyrrole nitrogens is 1. The zero-order chi connectivity index (χ0) is 12.5. The van der Waals surface area contributed by atoms with Crippen LogP contribution in [0.1, 0.15) is 11.4 Å². The minimum Gasteiger partial charge on any atom is -0.296 e. The standard InChI is InChI=1S/C9H7ClN2O4S/c10-17(14,15)7-3-1-6(2-4-7)5-8-11-9(13)16-12-8/h1-4H,5H2,(H,11,12,13). The van der Waals surface area contributed by atoms with Gasteiger partial charge in [0.05, 0.1) is 4.90 Å². The first-order chi connectivity index (χ1) is 7.95. The fourth-order valence-corrected chi connectivity index (χ4v) is 2.07. The third-order valence-electron chi connectivity index (χ3n) is 2.06. The molecule has 2 aromatic rings. The van der Waals surface area contributed by atoms with Crippen molar-refractivity contribution < 1.29 is 12.9 Å². The van der Waals surface area contributed by atoms with Crippen LogP contribution in [0, 0.1) is 0 Å². The van der Waals surface area contributed by atoms with Crippen molar-refractivity contribution in [3.05, 3.63) is 46.2 Å². The van der Waals surface area contributed by atoms with Crippen LogP contribution in [0.25, 0.3) is 0 Å². The molecule has 0 aliphatic heterocycles. The number of rotatable bonds is 3. The maximum atomic E-state index is 11.0. The molecule has 1 aromatic carbocycles. The second-order valence-electron chi connectivity index (χ2n) is 3.30. The predicted octanol–water partition coefficient (Wildman–Crippen LogP) is 0.881. The van der Waals surface area contributed by atoms with Gasteiger partial charge in [-0.3, -0.25) is 9.51 Å². The van der Waals surface area contributed by atoms with E-state index in [1.165, 1.54) is 12.1 Å². The smallest absolute Gasteiger partial charge is 0.296 e. The maximum absolute atomic E-state index is 11.0. The molecule has 0 spiro atoms. The van der Waals surface area contributed by atoms with E-state index >= 15 is 0 Å². The molecule has 90 valence electrons. The topological polar surface area (TPSA) is 93.0 Å². The van der Waals surface area contributed by atoms with E-state index in [4.69, 9.17) is 10.7 Å². The first-order valence-electron chi connectivity index (χ1n) is 4.53. The van der Waals surface area contributed by atoms with Gasteiger partial charge in [-0.25, -0.2) is 13.2 Å². The molecule has 0 saturated heterocycles. The summed E-state index contributed by atoms with van der Waals surface area (Å²) in [6.45, 7) is 0. The zero-order valence-electron chi connectivity index (χ0n) is 8.38. The number of nitrogens with zero attached hydrogens (tertiary/aromatic N) is 1. The van der Waals surface area contributed by atoms with Crippen molar-refractivity contribution in [1.29, 1.82) is 0 Å². The quantitative estimate of drug-likeness (QED) is 0.839. The molecule has 0 aliphatic rings. The predicted molar refractivity (Wildman–Crippen MR) is 59.4 cm³/mol. The summed E-state index contributed by atoms with van der Waals surface area (Å²) in [6.07, 6.45) is 0.342. The molecular weight excluding hydrogens is 268 g/mol. The van der Waals surface area contributed by atoms with Crippen molar-refractivity contribution in [2.45, 2.75) is 11.3 Å². The number of benzene rings is 1. The van der Waals surface area contributed by atoms with Crippen LogP contribution in [0.5, 0.6) is 0 Å². The van der Waals surface area contributed by atoms with Crippen molar-refractivity contribution in [2.75, 3.05) is 0 Å². The van der Waals surface area contributed by atoms with E-state index in [0.717, 1.165) is 5.56 Å². The van der Waals surface area contributed by atoms with E-state index in [9.17, 15) is 13.2 Å². The van der Waals surface area contributed by atoms with Crippen LogP contribution in [0.15, 0.2) is 38.5 Å².